The first kappa shape index (κ1) is 21.3. The second kappa shape index (κ2) is 9.45. The van der Waals surface area contributed by atoms with Gasteiger partial charge in [-0.3, -0.25) is 4.79 Å². The average Bonchev–Trinajstić information content (AvgIpc) is 3.17. The van der Waals surface area contributed by atoms with Crippen molar-refractivity contribution in [1.82, 2.24) is 15.0 Å². The van der Waals surface area contributed by atoms with Gasteiger partial charge in [-0.25, -0.2) is 0 Å². The molecular formula is C22H28ClN3O4. The number of carbonyl (C=O) groups excluding carboxylic acids is 1. The molecule has 0 N–H and O–H groups in total. The highest BCUT2D eigenvalue weighted by Gasteiger charge is 2.41. The van der Waals surface area contributed by atoms with E-state index in [2.05, 4.69) is 10.1 Å². The molecule has 30 heavy (non-hydrogen) atoms. The minimum absolute atomic E-state index is 0.128. The molecule has 2 aliphatic rings. The van der Waals surface area contributed by atoms with Crippen LogP contribution >= 0.6 is 11.6 Å². The Bertz CT molecular complexity index is 864. The minimum Gasteiger partial charge on any atom is -0.375 e. The lowest BCUT2D eigenvalue weighted by Crippen LogP contribution is -2.51. The van der Waals surface area contributed by atoms with Crippen molar-refractivity contribution in [2.45, 2.75) is 50.7 Å². The quantitative estimate of drug-likeness (QED) is 0.694. The van der Waals surface area contributed by atoms with Gasteiger partial charge in [0.1, 0.15) is 6.61 Å². The summed E-state index contributed by atoms with van der Waals surface area (Å²) in [4.78, 5) is 19.1. The average molecular weight is 434 g/mol. The number of piperidine rings is 1. The summed E-state index contributed by atoms with van der Waals surface area (Å²) >= 11 is 6.21. The summed E-state index contributed by atoms with van der Waals surface area (Å²) in [5.74, 6) is 1.83. The van der Waals surface area contributed by atoms with Gasteiger partial charge in [-0.05, 0) is 43.2 Å². The Hall–Kier alpha value is -1.96. The minimum atomic E-state index is -0.150. The summed E-state index contributed by atoms with van der Waals surface area (Å²) in [7, 11) is 1.61. The van der Waals surface area contributed by atoms with Crippen LogP contribution in [0.5, 0.6) is 0 Å². The predicted molar refractivity (Wildman–Crippen MR) is 111 cm³/mol. The number of halogens is 1. The number of rotatable bonds is 6. The van der Waals surface area contributed by atoms with Crippen LogP contribution in [0.2, 0.25) is 5.02 Å². The molecule has 1 amide bonds. The molecule has 1 aromatic carbocycles. The van der Waals surface area contributed by atoms with Crippen LogP contribution in [-0.2, 0) is 33.7 Å². The van der Waals surface area contributed by atoms with E-state index in [1.165, 1.54) is 0 Å². The summed E-state index contributed by atoms with van der Waals surface area (Å²) < 4.78 is 16.5. The fourth-order valence-corrected chi connectivity index (χ4v) is 4.75. The number of amides is 1. The normalized spacial score (nSPS) is 21.1. The third kappa shape index (κ3) is 5.02. The molecule has 0 radical (unpaired) electrons. The molecular weight excluding hydrogens is 406 g/mol. The van der Waals surface area contributed by atoms with E-state index >= 15 is 0 Å². The zero-order valence-corrected chi connectivity index (χ0v) is 18.1. The van der Waals surface area contributed by atoms with E-state index in [4.69, 9.17) is 25.6 Å². The van der Waals surface area contributed by atoms with Crippen LogP contribution in [-0.4, -0.2) is 53.4 Å². The molecule has 2 aromatic rings. The van der Waals surface area contributed by atoms with E-state index in [0.29, 0.717) is 29.9 Å². The van der Waals surface area contributed by atoms with Crippen molar-refractivity contribution in [3.8, 4) is 0 Å². The standard InChI is InChI=1S/C22H28ClN3O4/c1-28-15-20-24-19(25-30-20)12-16-6-11-29-22(14-16)7-9-26(10-8-22)21(27)13-17-4-2-3-5-18(17)23/h2-5,16H,6-15H2,1H3. The SMILES string of the molecule is COCc1nc(CC2CCOC3(CCN(C(=O)Cc4ccccc4Cl)CC3)C2)no1. The molecule has 3 heterocycles. The molecule has 1 spiro atoms. The lowest BCUT2D eigenvalue weighted by Gasteiger charge is -2.46. The monoisotopic (exact) mass is 433 g/mol. The number of carbonyl (C=O) groups is 1. The van der Waals surface area contributed by atoms with Gasteiger partial charge >= 0.3 is 0 Å². The molecule has 2 saturated heterocycles. The summed E-state index contributed by atoms with van der Waals surface area (Å²) in [6, 6.07) is 7.53. The first-order valence-electron chi connectivity index (χ1n) is 10.5. The Balaban J connectivity index is 1.30. The molecule has 0 saturated carbocycles. The van der Waals surface area contributed by atoms with Gasteiger partial charge in [-0.15, -0.1) is 0 Å². The first-order valence-corrected chi connectivity index (χ1v) is 10.9. The molecule has 0 bridgehead atoms. The highest BCUT2D eigenvalue weighted by atomic mass is 35.5. The smallest absolute Gasteiger partial charge is 0.252 e. The summed E-state index contributed by atoms with van der Waals surface area (Å²) in [6.45, 7) is 2.51. The summed E-state index contributed by atoms with van der Waals surface area (Å²) in [6.07, 6.45) is 4.81. The van der Waals surface area contributed by atoms with Crippen molar-refractivity contribution in [2.75, 3.05) is 26.8 Å². The van der Waals surface area contributed by atoms with Crippen LogP contribution in [0.1, 0.15) is 43.0 Å². The molecule has 1 unspecified atom stereocenters. The fourth-order valence-electron chi connectivity index (χ4n) is 4.55. The second-order valence-electron chi connectivity index (χ2n) is 8.28. The number of nitrogens with zero attached hydrogens (tertiary/aromatic N) is 3. The molecule has 1 atom stereocenters. The van der Waals surface area contributed by atoms with Crippen LogP contribution in [0, 0.1) is 5.92 Å². The largest absolute Gasteiger partial charge is 0.375 e. The lowest BCUT2D eigenvalue weighted by atomic mass is 9.78. The van der Waals surface area contributed by atoms with Crippen LogP contribution in [0.4, 0.5) is 0 Å². The molecule has 2 aliphatic heterocycles. The van der Waals surface area contributed by atoms with Crippen molar-refractivity contribution < 1.29 is 18.8 Å². The van der Waals surface area contributed by atoms with Gasteiger partial charge < -0.3 is 18.9 Å². The van der Waals surface area contributed by atoms with E-state index < -0.39 is 0 Å². The maximum absolute atomic E-state index is 12.7. The van der Waals surface area contributed by atoms with Crippen molar-refractivity contribution >= 4 is 17.5 Å². The number of hydrogen-bond donors (Lipinski definition) is 0. The Morgan fingerprint density at radius 1 is 1.33 bits per heavy atom. The van der Waals surface area contributed by atoms with Crippen molar-refractivity contribution in [1.29, 1.82) is 0 Å². The van der Waals surface area contributed by atoms with Gasteiger partial charge in [0.25, 0.3) is 5.89 Å². The molecule has 1 aromatic heterocycles. The number of hydrogen-bond acceptors (Lipinski definition) is 6. The Kier molecular flexibility index (Phi) is 6.71. The van der Waals surface area contributed by atoms with E-state index in [-0.39, 0.29) is 11.5 Å². The van der Waals surface area contributed by atoms with Crippen LogP contribution in [0.25, 0.3) is 0 Å². The Morgan fingerprint density at radius 3 is 2.90 bits per heavy atom. The van der Waals surface area contributed by atoms with E-state index in [1.54, 1.807) is 7.11 Å². The highest BCUT2D eigenvalue weighted by molar-refractivity contribution is 6.31. The van der Waals surface area contributed by atoms with Crippen molar-refractivity contribution in [3.05, 3.63) is 46.6 Å². The Labute approximate surface area is 181 Å². The maximum atomic E-state index is 12.7. The molecule has 2 fully saturated rings. The number of likely N-dealkylation sites (tertiary alicyclic amines) is 1. The van der Waals surface area contributed by atoms with Gasteiger partial charge in [0.2, 0.25) is 5.91 Å². The highest BCUT2D eigenvalue weighted by Crippen LogP contribution is 2.38. The topological polar surface area (TPSA) is 77.7 Å². The molecule has 162 valence electrons. The lowest BCUT2D eigenvalue weighted by molar-refractivity contribution is -0.146. The van der Waals surface area contributed by atoms with Gasteiger partial charge in [0.15, 0.2) is 5.82 Å². The summed E-state index contributed by atoms with van der Waals surface area (Å²) in [5, 5.41) is 4.72. The van der Waals surface area contributed by atoms with Crippen LogP contribution in [0.3, 0.4) is 0 Å². The van der Waals surface area contributed by atoms with E-state index in [9.17, 15) is 4.79 Å². The number of ether oxygens (including phenoxy) is 2. The van der Waals surface area contributed by atoms with Crippen molar-refractivity contribution in [2.24, 2.45) is 5.92 Å². The summed E-state index contributed by atoms with van der Waals surface area (Å²) in [5.41, 5.74) is 0.731. The number of methoxy groups -OCH3 is 1. The van der Waals surface area contributed by atoms with Crippen LogP contribution in [0.15, 0.2) is 28.8 Å². The third-order valence-corrected chi connectivity index (χ3v) is 6.54. The van der Waals surface area contributed by atoms with E-state index in [1.807, 2.05) is 29.2 Å². The number of aromatic nitrogens is 2. The third-order valence-electron chi connectivity index (χ3n) is 6.17. The Morgan fingerprint density at radius 2 is 2.13 bits per heavy atom. The van der Waals surface area contributed by atoms with Gasteiger partial charge in [0.05, 0.1) is 12.0 Å². The van der Waals surface area contributed by atoms with Crippen molar-refractivity contribution in [3.63, 3.8) is 0 Å². The molecule has 4 rings (SSSR count). The maximum Gasteiger partial charge on any atom is 0.252 e. The molecule has 8 heteroatoms. The van der Waals surface area contributed by atoms with Gasteiger partial charge in [-0.2, -0.15) is 4.98 Å². The zero-order chi connectivity index (χ0) is 21.0. The van der Waals surface area contributed by atoms with E-state index in [0.717, 1.165) is 63.2 Å². The molecule has 7 nitrogen and oxygen atoms in total. The second-order valence-corrected chi connectivity index (χ2v) is 8.69. The predicted octanol–water partition coefficient (Wildman–Crippen LogP) is 3.44. The van der Waals surface area contributed by atoms with Gasteiger partial charge in [0, 0.05) is 38.2 Å². The fraction of sp³-hybridized carbons (Fsp3) is 0.591. The first-order chi connectivity index (χ1) is 14.6. The molecule has 0 aliphatic carbocycles. The zero-order valence-electron chi connectivity index (χ0n) is 17.3. The number of benzene rings is 1. The van der Waals surface area contributed by atoms with Gasteiger partial charge in [-0.1, -0.05) is 35.0 Å². The van der Waals surface area contributed by atoms with Crippen LogP contribution < -0.4 is 0 Å².